The van der Waals surface area contributed by atoms with Crippen LogP contribution >= 0.6 is 11.6 Å². The molecule has 0 aromatic heterocycles. The van der Waals surface area contributed by atoms with Crippen LogP contribution in [0, 0.1) is 5.82 Å². The van der Waals surface area contributed by atoms with E-state index in [0.717, 1.165) is 42.1 Å². The molecule has 108 valence electrons. The van der Waals surface area contributed by atoms with Crippen LogP contribution in [-0.2, 0) is 12.8 Å². The van der Waals surface area contributed by atoms with Crippen LogP contribution in [0.25, 0.3) is 12.2 Å². The van der Waals surface area contributed by atoms with Gasteiger partial charge in [0.2, 0.25) is 0 Å². The summed E-state index contributed by atoms with van der Waals surface area (Å²) in [5, 5.41) is 4.16. The van der Waals surface area contributed by atoms with Crippen molar-refractivity contribution >= 4 is 23.8 Å². The van der Waals surface area contributed by atoms with Crippen molar-refractivity contribution in [3.63, 3.8) is 0 Å². The molecule has 0 spiro atoms. The number of rotatable bonds is 2. The van der Waals surface area contributed by atoms with Crippen LogP contribution in [-0.4, -0.2) is 13.1 Å². The fourth-order valence-corrected chi connectivity index (χ4v) is 2.98. The molecule has 0 fully saturated rings. The number of hydrogen-bond acceptors (Lipinski definition) is 1. The van der Waals surface area contributed by atoms with Gasteiger partial charge in [0.1, 0.15) is 5.82 Å². The highest BCUT2D eigenvalue weighted by molar-refractivity contribution is 6.32. The smallest absolute Gasteiger partial charge is 0.123 e. The lowest BCUT2D eigenvalue weighted by atomic mass is 9.96. The Morgan fingerprint density at radius 3 is 2.76 bits per heavy atom. The third-order valence-electron chi connectivity index (χ3n) is 3.81. The average molecular weight is 302 g/mol. The Morgan fingerprint density at radius 1 is 1.05 bits per heavy atom. The molecule has 1 nitrogen and oxygen atoms in total. The van der Waals surface area contributed by atoms with Crippen molar-refractivity contribution in [2.45, 2.75) is 12.8 Å². The van der Waals surface area contributed by atoms with Crippen LogP contribution in [0.2, 0.25) is 5.02 Å². The summed E-state index contributed by atoms with van der Waals surface area (Å²) in [7, 11) is 0. The molecule has 1 aliphatic rings. The Bertz CT molecular complexity index is 679. The van der Waals surface area contributed by atoms with Crippen molar-refractivity contribution in [1.29, 1.82) is 0 Å². The van der Waals surface area contributed by atoms with Gasteiger partial charge in [0.15, 0.2) is 0 Å². The Balaban J connectivity index is 1.98. The number of fused-ring (bicyclic) bond motifs is 1. The minimum absolute atomic E-state index is 0.223. The molecule has 1 N–H and O–H groups in total. The highest BCUT2D eigenvalue weighted by Crippen LogP contribution is 2.27. The summed E-state index contributed by atoms with van der Waals surface area (Å²) < 4.78 is 13.2. The van der Waals surface area contributed by atoms with E-state index in [1.54, 1.807) is 6.07 Å². The first-order valence-electron chi connectivity index (χ1n) is 7.18. The second-order valence-electron chi connectivity index (χ2n) is 5.24. The van der Waals surface area contributed by atoms with Crippen LogP contribution in [0.3, 0.4) is 0 Å². The first kappa shape index (κ1) is 14.3. The fourth-order valence-electron chi connectivity index (χ4n) is 2.74. The van der Waals surface area contributed by atoms with Gasteiger partial charge < -0.3 is 5.32 Å². The summed E-state index contributed by atoms with van der Waals surface area (Å²) in [5.74, 6) is -0.223. The summed E-state index contributed by atoms with van der Waals surface area (Å²) in [5.41, 5.74) is 4.56. The molecule has 0 saturated heterocycles. The zero-order valence-corrected chi connectivity index (χ0v) is 12.5. The summed E-state index contributed by atoms with van der Waals surface area (Å²) in [6.45, 7) is 1.97. The van der Waals surface area contributed by atoms with E-state index < -0.39 is 0 Å². The van der Waals surface area contributed by atoms with Crippen molar-refractivity contribution in [2.75, 3.05) is 13.1 Å². The number of hydrogen-bond donors (Lipinski definition) is 1. The normalized spacial score (nSPS) is 15.0. The maximum Gasteiger partial charge on any atom is 0.123 e. The summed E-state index contributed by atoms with van der Waals surface area (Å²) in [6.07, 6.45) is 5.91. The lowest BCUT2D eigenvalue weighted by Crippen LogP contribution is -2.16. The molecule has 0 radical (unpaired) electrons. The molecule has 3 heteroatoms. The van der Waals surface area contributed by atoms with E-state index in [4.69, 9.17) is 11.6 Å². The van der Waals surface area contributed by atoms with Crippen molar-refractivity contribution in [1.82, 2.24) is 5.32 Å². The fraction of sp³-hybridized carbons (Fsp3) is 0.222. The van der Waals surface area contributed by atoms with Crippen LogP contribution in [0.15, 0.2) is 36.4 Å². The molecule has 1 aliphatic heterocycles. The van der Waals surface area contributed by atoms with Gasteiger partial charge in [-0.15, -0.1) is 0 Å². The molecular weight excluding hydrogens is 285 g/mol. The predicted molar refractivity (Wildman–Crippen MR) is 87.1 cm³/mol. The SMILES string of the molecule is Fc1cccc(C=Cc2c(Cl)ccc3c2CCNCC3)c1. The van der Waals surface area contributed by atoms with Gasteiger partial charge in [-0.3, -0.25) is 0 Å². The molecule has 0 bridgehead atoms. The average Bonchev–Trinajstić information content (AvgIpc) is 2.72. The molecule has 0 aliphatic carbocycles. The predicted octanol–water partition coefficient (Wildman–Crippen LogP) is 4.34. The Morgan fingerprint density at radius 2 is 1.90 bits per heavy atom. The highest BCUT2D eigenvalue weighted by atomic mass is 35.5. The topological polar surface area (TPSA) is 12.0 Å². The van der Waals surface area contributed by atoms with E-state index in [0.29, 0.717) is 0 Å². The molecule has 3 rings (SSSR count). The van der Waals surface area contributed by atoms with Gasteiger partial charge in [-0.2, -0.15) is 0 Å². The van der Waals surface area contributed by atoms with E-state index in [1.165, 1.54) is 23.3 Å². The van der Waals surface area contributed by atoms with Crippen LogP contribution in [0.1, 0.15) is 22.3 Å². The van der Waals surface area contributed by atoms with Gasteiger partial charge in [-0.25, -0.2) is 4.39 Å². The Hall–Kier alpha value is -1.64. The van der Waals surface area contributed by atoms with E-state index in [1.807, 2.05) is 24.3 Å². The zero-order valence-electron chi connectivity index (χ0n) is 11.7. The van der Waals surface area contributed by atoms with E-state index >= 15 is 0 Å². The second kappa shape index (κ2) is 6.42. The van der Waals surface area contributed by atoms with Gasteiger partial charge in [0.05, 0.1) is 0 Å². The number of nitrogens with one attached hydrogen (secondary N) is 1. The van der Waals surface area contributed by atoms with E-state index in [2.05, 4.69) is 11.4 Å². The van der Waals surface area contributed by atoms with Gasteiger partial charge in [0.25, 0.3) is 0 Å². The van der Waals surface area contributed by atoms with Gasteiger partial charge in [0, 0.05) is 5.02 Å². The molecule has 0 atom stereocenters. The van der Waals surface area contributed by atoms with E-state index in [9.17, 15) is 4.39 Å². The summed E-state index contributed by atoms with van der Waals surface area (Å²) >= 11 is 6.37. The minimum atomic E-state index is -0.223. The van der Waals surface area contributed by atoms with Crippen LogP contribution in [0.4, 0.5) is 4.39 Å². The first-order chi connectivity index (χ1) is 10.2. The van der Waals surface area contributed by atoms with Gasteiger partial charge >= 0.3 is 0 Å². The lowest BCUT2D eigenvalue weighted by Gasteiger charge is -2.11. The quantitative estimate of drug-likeness (QED) is 0.814. The number of halogens is 2. The molecular formula is C18H17ClFN. The van der Waals surface area contributed by atoms with Crippen molar-refractivity contribution < 1.29 is 4.39 Å². The summed E-state index contributed by atoms with van der Waals surface area (Å²) in [6, 6.07) is 10.6. The third kappa shape index (κ3) is 3.34. The van der Waals surface area contributed by atoms with Crippen molar-refractivity contribution in [2.24, 2.45) is 0 Å². The van der Waals surface area contributed by atoms with Crippen LogP contribution in [0.5, 0.6) is 0 Å². The second-order valence-corrected chi connectivity index (χ2v) is 5.64. The molecule has 2 aromatic carbocycles. The van der Waals surface area contributed by atoms with E-state index in [-0.39, 0.29) is 5.82 Å². The maximum absolute atomic E-state index is 13.2. The lowest BCUT2D eigenvalue weighted by molar-refractivity contribution is 0.627. The molecule has 2 aromatic rings. The Kier molecular flexibility index (Phi) is 4.37. The minimum Gasteiger partial charge on any atom is -0.316 e. The number of benzene rings is 2. The maximum atomic E-state index is 13.2. The van der Waals surface area contributed by atoms with Gasteiger partial charge in [-0.1, -0.05) is 42.0 Å². The molecule has 21 heavy (non-hydrogen) atoms. The highest BCUT2D eigenvalue weighted by Gasteiger charge is 2.12. The molecule has 0 unspecified atom stereocenters. The third-order valence-corrected chi connectivity index (χ3v) is 4.14. The van der Waals surface area contributed by atoms with Crippen LogP contribution < -0.4 is 5.32 Å². The van der Waals surface area contributed by atoms with Crippen molar-refractivity contribution in [3.8, 4) is 0 Å². The monoisotopic (exact) mass is 301 g/mol. The van der Waals surface area contributed by atoms with Crippen molar-refractivity contribution in [3.05, 3.63) is 69.5 Å². The zero-order chi connectivity index (χ0) is 14.7. The standard InChI is InChI=1S/C18H17ClFN/c19-18-7-5-14-8-10-21-11-9-16(14)17(18)6-4-13-2-1-3-15(20)12-13/h1-7,12,21H,8-11H2. The first-order valence-corrected chi connectivity index (χ1v) is 7.56. The summed E-state index contributed by atoms with van der Waals surface area (Å²) in [4.78, 5) is 0. The molecule has 1 heterocycles. The molecule has 0 saturated carbocycles. The molecule has 0 amide bonds. The Labute approximate surface area is 129 Å². The largest absolute Gasteiger partial charge is 0.316 e. The van der Waals surface area contributed by atoms with Gasteiger partial charge in [-0.05, 0) is 66.4 Å².